The molecule has 0 heterocycles. The summed E-state index contributed by atoms with van der Waals surface area (Å²) in [5.41, 5.74) is -0.109. The van der Waals surface area contributed by atoms with Gasteiger partial charge in [-0.15, -0.1) is 0 Å². The van der Waals surface area contributed by atoms with E-state index in [0.717, 1.165) is 32.1 Å². The van der Waals surface area contributed by atoms with Gasteiger partial charge >= 0.3 is 0 Å². The minimum Gasteiger partial charge on any atom is -0.392 e. The number of hydrogen-bond donors (Lipinski definition) is 2. The molecule has 3 heteroatoms. The monoisotopic (exact) mass is 213 g/mol. The molecule has 88 valence electrons. The molecule has 0 bridgehead atoms. The van der Waals surface area contributed by atoms with Crippen molar-refractivity contribution >= 4 is 5.91 Å². The van der Waals surface area contributed by atoms with Gasteiger partial charge in [-0.25, -0.2) is 0 Å². The largest absolute Gasteiger partial charge is 0.392 e. The smallest absolute Gasteiger partial charge is 0.220 e. The van der Waals surface area contributed by atoms with Crippen molar-refractivity contribution in [3.63, 3.8) is 0 Å². The van der Waals surface area contributed by atoms with Crippen molar-refractivity contribution in [1.29, 1.82) is 0 Å². The van der Waals surface area contributed by atoms with Gasteiger partial charge in [0.15, 0.2) is 0 Å². The van der Waals surface area contributed by atoms with Gasteiger partial charge in [0.25, 0.3) is 0 Å². The highest BCUT2D eigenvalue weighted by Crippen LogP contribution is 2.35. The van der Waals surface area contributed by atoms with Crippen molar-refractivity contribution in [3.8, 4) is 0 Å². The third kappa shape index (κ3) is 3.49. The molecule has 0 aromatic heterocycles. The van der Waals surface area contributed by atoms with Gasteiger partial charge in [-0.2, -0.15) is 0 Å². The quantitative estimate of drug-likeness (QED) is 0.748. The molecule has 2 atom stereocenters. The maximum atomic E-state index is 11.3. The van der Waals surface area contributed by atoms with Gasteiger partial charge < -0.3 is 10.4 Å². The van der Waals surface area contributed by atoms with Crippen LogP contribution in [0.1, 0.15) is 52.4 Å². The molecule has 2 N–H and O–H groups in total. The average molecular weight is 213 g/mol. The molecule has 1 aliphatic rings. The predicted molar refractivity (Wildman–Crippen MR) is 60.5 cm³/mol. The van der Waals surface area contributed by atoms with Gasteiger partial charge in [-0.05, 0) is 19.3 Å². The van der Waals surface area contributed by atoms with Gasteiger partial charge in [0.05, 0.1) is 6.10 Å². The summed E-state index contributed by atoms with van der Waals surface area (Å²) in [7, 11) is 0. The van der Waals surface area contributed by atoms with E-state index in [1.807, 2.05) is 6.92 Å². The molecule has 0 aromatic rings. The molecule has 3 nitrogen and oxygen atoms in total. The SMILES string of the molecule is CCCC(=O)NCC1(C)CCCCC1O. The number of carbonyl (C=O) groups excluding carboxylic acids is 1. The first-order chi connectivity index (χ1) is 7.08. The Kier molecular flexibility index (Phi) is 4.58. The lowest BCUT2D eigenvalue weighted by atomic mass is 9.73. The van der Waals surface area contributed by atoms with Crippen molar-refractivity contribution in [1.82, 2.24) is 5.32 Å². The van der Waals surface area contributed by atoms with E-state index >= 15 is 0 Å². The Labute approximate surface area is 92.3 Å². The molecule has 0 saturated heterocycles. The molecular weight excluding hydrogens is 190 g/mol. The van der Waals surface area contributed by atoms with Crippen LogP contribution < -0.4 is 5.32 Å². The molecule has 1 fully saturated rings. The van der Waals surface area contributed by atoms with Gasteiger partial charge in [0.1, 0.15) is 0 Å². The van der Waals surface area contributed by atoms with E-state index in [-0.39, 0.29) is 17.4 Å². The first-order valence-electron chi connectivity index (χ1n) is 6.03. The summed E-state index contributed by atoms with van der Waals surface area (Å²) in [6.45, 7) is 4.69. The van der Waals surface area contributed by atoms with Crippen LogP contribution in [-0.4, -0.2) is 23.7 Å². The standard InChI is InChI=1S/C12H23NO2/c1-3-6-11(15)13-9-12(2)8-5-4-7-10(12)14/h10,14H,3-9H2,1-2H3,(H,13,15). The second kappa shape index (κ2) is 5.50. The van der Waals surface area contributed by atoms with Crippen molar-refractivity contribution in [3.05, 3.63) is 0 Å². The number of nitrogens with one attached hydrogen (secondary N) is 1. The minimum atomic E-state index is -0.256. The fourth-order valence-electron chi connectivity index (χ4n) is 2.20. The maximum absolute atomic E-state index is 11.3. The molecule has 0 spiro atoms. The summed E-state index contributed by atoms with van der Waals surface area (Å²) in [6.07, 6.45) is 5.38. The fraction of sp³-hybridized carbons (Fsp3) is 0.917. The van der Waals surface area contributed by atoms with Crippen LogP contribution in [-0.2, 0) is 4.79 Å². The van der Waals surface area contributed by atoms with E-state index in [4.69, 9.17) is 0 Å². The molecule has 2 unspecified atom stereocenters. The second-order valence-electron chi connectivity index (χ2n) is 4.94. The third-order valence-corrected chi connectivity index (χ3v) is 3.45. The van der Waals surface area contributed by atoms with E-state index in [1.54, 1.807) is 0 Å². The predicted octanol–water partition coefficient (Wildman–Crippen LogP) is 1.84. The first-order valence-corrected chi connectivity index (χ1v) is 6.03. The van der Waals surface area contributed by atoms with Crippen LogP contribution >= 0.6 is 0 Å². The van der Waals surface area contributed by atoms with E-state index in [0.29, 0.717) is 13.0 Å². The van der Waals surface area contributed by atoms with E-state index in [1.165, 1.54) is 0 Å². The summed E-state index contributed by atoms with van der Waals surface area (Å²) in [5, 5.41) is 12.8. The average Bonchev–Trinajstić information content (AvgIpc) is 2.21. The zero-order valence-electron chi connectivity index (χ0n) is 9.88. The van der Waals surface area contributed by atoms with Crippen molar-refractivity contribution in [2.45, 2.75) is 58.5 Å². The first kappa shape index (κ1) is 12.5. The van der Waals surface area contributed by atoms with E-state index < -0.39 is 0 Å². The molecule has 0 aliphatic heterocycles. The van der Waals surface area contributed by atoms with E-state index in [2.05, 4.69) is 12.2 Å². The molecule has 1 amide bonds. The van der Waals surface area contributed by atoms with Crippen LogP contribution in [0, 0.1) is 5.41 Å². The normalized spacial score (nSPS) is 31.3. The lowest BCUT2D eigenvalue weighted by Crippen LogP contribution is -2.45. The Bertz CT molecular complexity index is 218. The Hall–Kier alpha value is -0.570. The molecule has 15 heavy (non-hydrogen) atoms. The minimum absolute atomic E-state index is 0.108. The zero-order chi connectivity index (χ0) is 11.3. The lowest BCUT2D eigenvalue weighted by Gasteiger charge is -2.38. The highest BCUT2D eigenvalue weighted by molar-refractivity contribution is 5.75. The van der Waals surface area contributed by atoms with Crippen LogP contribution in [0.25, 0.3) is 0 Å². The maximum Gasteiger partial charge on any atom is 0.220 e. The Balaban J connectivity index is 2.37. The highest BCUT2D eigenvalue weighted by atomic mass is 16.3. The number of aliphatic hydroxyl groups is 1. The third-order valence-electron chi connectivity index (χ3n) is 3.45. The molecule has 0 radical (unpaired) electrons. The summed E-state index contributed by atoms with van der Waals surface area (Å²) in [6, 6.07) is 0. The number of aliphatic hydroxyl groups excluding tert-OH is 1. The topological polar surface area (TPSA) is 49.3 Å². The number of amides is 1. The van der Waals surface area contributed by atoms with Crippen LogP contribution in [0.4, 0.5) is 0 Å². The van der Waals surface area contributed by atoms with Gasteiger partial charge in [0.2, 0.25) is 5.91 Å². The zero-order valence-corrected chi connectivity index (χ0v) is 9.88. The summed E-state index contributed by atoms with van der Waals surface area (Å²) >= 11 is 0. The summed E-state index contributed by atoms with van der Waals surface area (Å²) in [4.78, 5) is 11.3. The Morgan fingerprint density at radius 1 is 1.53 bits per heavy atom. The lowest BCUT2D eigenvalue weighted by molar-refractivity contribution is -0.122. The molecule has 1 saturated carbocycles. The van der Waals surface area contributed by atoms with Crippen molar-refractivity contribution in [2.24, 2.45) is 5.41 Å². The Morgan fingerprint density at radius 2 is 2.27 bits per heavy atom. The summed E-state index contributed by atoms with van der Waals surface area (Å²) < 4.78 is 0. The molecule has 1 rings (SSSR count). The van der Waals surface area contributed by atoms with E-state index in [9.17, 15) is 9.90 Å². The van der Waals surface area contributed by atoms with Gasteiger partial charge in [-0.3, -0.25) is 4.79 Å². The van der Waals surface area contributed by atoms with Gasteiger partial charge in [-0.1, -0.05) is 26.7 Å². The van der Waals surface area contributed by atoms with Crippen molar-refractivity contribution < 1.29 is 9.90 Å². The fourth-order valence-corrected chi connectivity index (χ4v) is 2.20. The molecular formula is C12H23NO2. The van der Waals surface area contributed by atoms with Crippen LogP contribution in [0.15, 0.2) is 0 Å². The molecule has 0 aromatic carbocycles. The van der Waals surface area contributed by atoms with Crippen LogP contribution in [0.3, 0.4) is 0 Å². The molecule has 1 aliphatic carbocycles. The summed E-state index contributed by atoms with van der Waals surface area (Å²) in [5.74, 6) is 0.108. The second-order valence-corrected chi connectivity index (χ2v) is 4.94. The highest BCUT2D eigenvalue weighted by Gasteiger charge is 2.35. The Morgan fingerprint density at radius 3 is 2.87 bits per heavy atom. The number of rotatable bonds is 4. The number of carbonyl (C=O) groups is 1. The van der Waals surface area contributed by atoms with Crippen LogP contribution in [0.2, 0.25) is 0 Å². The van der Waals surface area contributed by atoms with Crippen molar-refractivity contribution in [2.75, 3.05) is 6.54 Å². The van der Waals surface area contributed by atoms with Crippen LogP contribution in [0.5, 0.6) is 0 Å². The van der Waals surface area contributed by atoms with Gasteiger partial charge in [0, 0.05) is 18.4 Å². The number of hydrogen-bond acceptors (Lipinski definition) is 2.